The third-order valence-corrected chi connectivity index (χ3v) is 7.46. The van der Waals surface area contributed by atoms with Gasteiger partial charge in [-0.1, -0.05) is 63.2 Å². The second-order valence-corrected chi connectivity index (χ2v) is 9.56. The van der Waals surface area contributed by atoms with Gasteiger partial charge in [0.1, 0.15) is 5.82 Å². The number of rotatable bonds is 4. The van der Waals surface area contributed by atoms with E-state index in [2.05, 4.69) is 69.3 Å². The van der Waals surface area contributed by atoms with E-state index in [9.17, 15) is 4.39 Å². The zero-order valence-electron chi connectivity index (χ0n) is 17.9. The maximum absolute atomic E-state index is 13.3. The monoisotopic (exact) mass is 425 g/mol. The lowest BCUT2D eigenvalue weighted by molar-refractivity contribution is 0.535. The summed E-state index contributed by atoms with van der Waals surface area (Å²) in [4.78, 5) is 4.72. The van der Waals surface area contributed by atoms with Crippen molar-refractivity contribution in [1.82, 2.24) is 4.98 Å². The van der Waals surface area contributed by atoms with Crippen LogP contribution in [0.5, 0.6) is 0 Å². The largest absolute Gasteiger partial charge is 0.256 e. The fraction of sp³-hybridized carbons (Fsp3) is 0.179. The minimum Gasteiger partial charge on any atom is -0.256 e. The number of nitrogens with zero attached hydrogens (tertiary/aromatic N) is 1. The number of aromatic nitrogens is 1. The summed E-state index contributed by atoms with van der Waals surface area (Å²) >= 11 is 1.80. The Balaban J connectivity index is 1.65. The van der Waals surface area contributed by atoms with Crippen LogP contribution in [0, 0.1) is 11.7 Å². The average Bonchev–Trinajstić information content (AvgIpc) is 3.17. The fourth-order valence-electron chi connectivity index (χ4n) is 4.08. The Kier molecular flexibility index (Phi) is 5.07. The second kappa shape index (κ2) is 7.90. The van der Waals surface area contributed by atoms with E-state index in [4.69, 9.17) is 4.98 Å². The molecule has 0 aliphatic rings. The molecular weight excluding hydrogens is 401 g/mol. The van der Waals surface area contributed by atoms with Gasteiger partial charge in [-0.25, -0.2) is 4.39 Å². The van der Waals surface area contributed by atoms with Crippen LogP contribution in [-0.2, 0) is 0 Å². The topological polar surface area (TPSA) is 12.9 Å². The molecule has 0 bridgehead atoms. The van der Waals surface area contributed by atoms with Crippen LogP contribution in [0.25, 0.3) is 42.6 Å². The highest BCUT2D eigenvalue weighted by Crippen LogP contribution is 2.41. The Hall–Kier alpha value is -3.04. The van der Waals surface area contributed by atoms with E-state index in [1.165, 1.54) is 43.4 Å². The van der Waals surface area contributed by atoms with Gasteiger partial charge < -0.3 is 0 Å². The summed E-state index contributed by atoms with van der Waals surface area (Å²) in [7, 11) is 0. The highest BCUT2D eigenvalue weighted by Gasteiger charge is 2.15. The predicted octanol–water partition coefficient (Wildman–Crippen LogP) is 8.68. The van der Waals surface area contributed by atoms with Gasteiger partial charge in [-0.15, -0.1) is 11.3 Å². The molecule has 0 aliphatic carbocycles. The van der Waals surface area contributed by atoms with Gasteiger partial charge in [0.15, 0.2) is 0 Å². The molecule has 3 aromatic carbocycles. The SMILES string of the molecule is CC(C)C(C)c1ccnc(-c2cccc3c2sc2cc(-c4ccc(F)cc4)ccc23)c1. The summed E-state index contributed by atoms with van der Waals surface area (Å²) in [5.41, 5.74) is 5.67. The van der Waals surface area contributed by atoms with Crippen molar-refractivity contribution in [2.45, 2.75) is 26.7 Å². The third-order valence-electron chi connectivity index (χ3n) is 6.26. The van der Waals surface area contributed by atoms with E-state index < -0.39 is 0 Å². The van der Waals surface area contributed by atoms with Crippen molar-refractivity contribution < 1.29 is 4.39 Å². The number of pyridine rings is 1. The summed E-state index contributed by atoms with van der Waals surface area (Å²) in [6.07, 6.45) is 1.93. The quantitative estimate of drug-likeness (QED) is 0.281. The van der Waals surface area contributed by atoms with E-state index in [0.29, 0.717) is 11.8 Å². The molecule has 2 heterocycles. The lowest BCUT2D eigenvalue weighted by Gasteiger charge is -2.16. The molecule has 154 valence electrons. The second-order valence-electron chi connectivity index (χ2n) is 8.51. The van der Waals surface area contributed by atoms with Gasteiger partial charge in [0.25, 0.3) is 0 Å². The van der Waals surface area contributed by atoms with Crippen LogP contribution in [0.2, 0.25) is 0 Å². The normalized spacial score (nSPS) is 12.7. The Morgan fingerprint density at radius 1 is 0.806 bits per heavy atom. The summed E-state index contributed by atoms with van der Waals surface area (Å²) in [5.74, 6) is 0.861. The maximum atomic E-state index is 13.3. The molecule has 0 amide bonds. The molecule has 0 saturated heterocycles. The maximum Gasteiger partial charge on any atom is 0.123 e. The number of benzene rings is 3. The van der Waals surface area contributed by atoms with Gasteiger partial charge in [-0.3, -0.25) is 4.98 Å². The van der Waals surface area contributed by atoms with Crippen LogP contribution in [0.1, 0.15) is 32.3 Å². The molecule has 2 aromatic heterocycles. The third kappa shape index (κ3) is 3.64. The number of fused-ring (bicyclic) bond motifs is 3. The minimum atomic E-state index is -0.210. The number of hydrogen-bond donors (Lipinski definition) is 0. The van der Waals surface area contributed by atoms with Gasteiger partial charge in [0, 0.05) is 31.9 Å². The van der Waals surface area contributed by atoms with Crippen molar-refractivity contribution in [3.8, 4) is 22.4 Å². The Morgan fingerprint density at radius 3 is 2.35 bits per heavy atom. The molecule has 5 rings (SSSR count). The van der Waals surface area contributed by atoms with E-state index in [1.807, 2.05) is 18.3 Å². The van der Waals surface area contributed by atoms with Gasteiger partial charge >= 0.3 is 0 Å². The van der Waals surface area contributed by atoms with Crippen LogP contribution in [0.15, 0.2) is 79.0 Å². The van der Waals surface area contributed by atoms with Gasteiger partial charge in [-0.2, -0.15) is 0 Å². The van der Waals surface area contributed by atoms with Gasteiger partial charge in [0.2, 0.25) is 0 Å². The molecule has 1 nitrogen and oxygen atoms in total. The van der Waals surface area contributed by atoms with E-state index in [-0.39, 0.29) is 5.82 Å². The molecule has 0 radical (unpaired) electrons. The predicted molar refractivity (Wildman–Crippen MR) is 131 cm³/mol. The summed E-state index contributed by atoms with van der Waals surface area (Å²) in [6, 6.07) is 24.1. The first-order valence-corrected chi connectivity index (χ1v) is 11.5. The highest BCUT2D eigenvalue weighted by molar-refractivity contribution is 7.26. The van der Waals surface area contributed by atoms with Crippen LogP contribution in [0.4, 0.5) is 4.39 Å². The van der Waals surface area contributed by atoms with Crippen LogP contribution in [0.3, 0.4) is 0 Å². The van der Waals surface area contributed by atoms with Crippen LogP contribution < -0.4 is 0 Å². The molecule has 1 atom stereocenters. The van der Waals surface area contributed by atoms with Crippen molar-refractivity contribution in [3.05, 3.63) is 90.4 Å². The van der Waals surface area contributed by atoms with Crippen LogP contribution >= 0.6 is 11.3 Å². The zero-order valence-corrected chi connectivity index (χ0v) is 18.7. The zero-order chi connectivity index (χ0) is 21.5. The van der Waals surface area contributed by atoms with Gasteiger partial charge in [0.05, 0.1) is 5.69 Å². The first-order chi connectivity index (χ1) is 15.0. The smallest absolute Gasteiger partial charge is 0.123 e. The molecule has 0 spiro atoms. The van der Waals surface area contributed by atoms with Crippen molar-refractivity contribution in [2.24, 2.45) is 5.92 Å². The average molecular weight is 426 g/mol. The van der Waals surface area contributed by atoms with Crippen molar-refractivity contribution in [2.75, 3.05) is 0 Å². The lowest BCUT2D eigenvalue weighted by Crippen LogP contribution is -2.02. The Labute approximate surface area is 186 Å². The van der Waals surface area contributed by atoms with Crippen molar-refractivity contribution in [1.29, 1.82) is 0 Å². The number of hydrogen-bond acceptors (Lipinski definition) is 2. The molecule has 0 fully saturated rings. The Bertz CT molecular complexity index is 1380. The summed E-state index contributed by atoms with van der Waals surface area (Å²) in [5, 5.41) is 2.51. The summed E-state index contributed by atoms with van der Waals surface area (Å²) in [6.45, 7) is 6.80. The van der Waals surface area contributed by atoms with E-state index in [0.717, 1.165) is 16.8 Å². The minimum absolute atomic E-state index is 0.210. The number of thiophene rings is 1. The fourth-order valence-corrected chi connectivity index (χ4v) is 5.35. The molecule has 3 heteroatoms. The molecule has 0 aliphatic heterocycles. The molecule has 5 aromatic rings. The lowest BCUT2D eigenvalue weighted by atomic mass is 9.90. The van der Waals surface area contributed by atoms with Crippen molar-refractivity contribution in [3.63, 3.8) is 0 Å². The Morgan fingerprint density at radius 2 is 1.58 bits per heavy atom. The summed E-state index contributed by atoms with van der Waals surface area (Å²) < 4.78 is 15.8. The van der Waals surface area contributed by atoms with Crippen LogP contribution in [-0.4, -0.2) is 4.98 Å². The highest BCUT2D eigenvalue weighted by atomic mass is 32.1. The van der Waals surface area contributed by atoms with E-state index in [1.54, 1.807) is 11.3 Å². The molecular formula is C28H24FNS. The number of halogens is 1. The molecule has 0 saturated carbocycles. The first kappa shape index (κ1) is 19.9. The first-order valence-electron chi connectivity index (χ1n) is 10.7. The molecule has 0 N–H and O–H groups in total. The molecule has 31 heavy (non-hydrogen) atoms. The standard InChI is InChI=1S/C28H24FNS/c1-17(2)18(3)20-13-14-30-26(15-20)25-6-4-5-24-23-12-9-21(16-27(23)31-28(24)25)19-7-10-22(29)11-8-19/h4-18H,1-3H3. The van der Waals surface area contributed by atoms with Crippen molar-refractivity contribution >= 4 is 31.5 Å². The van der Waals surface area contributed by atoms with E-state index >= 15 is 0 Å². The van der Waals surface area contributed by atoms with Gasteiger partial charge in [-0.05, 0) is 58.9 Å². The molecule has 1 unspecified atom stereocenters.